The molecule has 25 heavy (non-hydrogen) atoms. The van der Waals surface area contributed by atoms with Crippen molar-refractivity contribution in [1.29, 1.82) is 0 Å². The molecule has 0 radical (unpaired) electrons. The Morgan fingerprint density at radius 2 is 1.76 bits per heavy atom. The van der Waals surface area contributed by atoms with E-state index in [0.29, 0.717) is 6.04 Å². The summed E-state index contributed by atoms with van der Waals surface area (Å²) < 4.78 is 0. The summed E-state index contributed by atoms with van der Waals surface area (Å²) in [5.41, 5.74) is 3.63. The zero-order valence-electron chi connectivity index (χ0n) is 15.8. The number of nitrogens with zero attached hydrogens (tertiary/aromatic N) is 4. The van der Waals surface area contributed by atoms with E-state index in [1.54, 1.807) is 0 Å². The van der Waals surface area contributed by atoms with Gasteiger partial charge in [-0.3, -0.25) is 0 Å². The zero-order valence-corrected chi connectivity index (χ0v) is 15.8. The molecule has 0 amide bonds. The number of hydrogen-bond donors (Lipinski definition) is 1. The highest BCUT2D eigenvalue weighted by Crippen LogP contribution is 2.21. The van der Waals surface area contributed by atoms with Crippen LogP contribution in [0.4, 0.5) is 17.5 Å². The number of piperazine rings is 1. The van der Waals surface area contributed by atoms with Gasteiger partial charge < -0.3 is 15.1 Å². The molecule has 1 fully saturated rings. The van der Waals surface area contributed by atoms with Gasteiger partial charge in [0.1, 0.15) is 5.82 Å². The molecule has 2 heterocycles. The van der Waals surface area contributed by atoms with E-state index in [0.717, 1.165) is 50.1 Å². The van der Waals surface area contributed by atoms with Crippen LogP contribution in [0, 0.1) is 13.8 Å². The van der Waals surface area contributed by atoms with Crippen LogP contribution in [0.2, 0.25) is 0 Å². The molecule has 1 atom stereocenters. The van der Waals surface area contributed by atoms with E-state index in [2.05, 4.69) is 65.1 Å². The molecule has 1 aromatic heterocycles. The molecule has 0 bridgehead atoms. The van der Waals surface area contributed by atoms with Gasteiger partial charge in [0.2, 0.25) is 5.95 Å². The highest BCUT2D eigenvalue weighted by atomic mass is 15.3. The van der Waals surface area contributed by atoms with Gasteiger partial charge in [-0.05, 0) is 44.9 Å². The maximum Gasteiger partial charge on any atom is 0.227 e. The number of hydrogen-bond acceptors (Lipinski definition) is 5. The lowest BCUT2D eigenvalue weighted by Gasteiger charge is -2.36. The van der Waals surface area contributed by atoms with Crippen LogP contribution < -0.4 is 15.1 Å². The number of rotatable bonds is 5. The van der Waals surface area contributed by atoms with Crippen molar-refractivity contribution in [3.8, 4) is 0 Å². The Kier molecular flexibility index (Phi) is 5.41. The normalized spacial score (nSPS) is 16.0. The number of aryl methyl sites for hydroxylation is 2. The molecule has 0 spiro atoms. The minimum atomic E-state index is 0.417. The number of nitrogens with one attached hydrogen (secondary N) is 1. The van der Waals surface area contributed by atoms with Gasteiger partial charge in [0.25, 0.3) is 0 Å². The fraction of sp³-hybridized carbons (Fsp3) is 0.500. The van der Waals surface area contributed by atoms with Crippen LogP contribution in [0.15, 0.2) is 30.3 Å². The maximum atomic E-state index is 4.74. The average molecular weight is 339 g/mol. The van der Waals surface area contributed by atoms with Crippen LogP contribution in [0.1, 0.15) is 31.5 Å². The van der Waals surface area contributed by atoms with Crippen LogP contribution in [0.5, 0.6) is 0 Å². The first-order valence-electron chi connectivity index (χ1n) is 9.24. The van der Waals surface area contributed by atoms with Gasteiger partial charge in [0.05, 0.1) is 0 Å². The summed E-state index contributed by atoms with van der Waals surface area (Å²) in [5.74, 6) is 1.77. The second kappa shape index (κ2) is 7.72. The Morgan fingerprint density at radius 3 is 2.44 bits per heavy atom. The first-order chi connectivity index (χ1) is 12.0. The predicted octanol–water partition coefficient (Wildman–Crippen LogP) is 3.63. The first kappa shape index (κ1) is 17.5. The van der Waals surface area contributed by atoms with Crippen molar-refractivity contribution in [2.24, 2.45) is 0 Å². The standard InChI is InChI=1S/C20H29N5/c1-5-16(3)21-19-14-17(4)22-20(23-19)25-11-9-24(10-12-25)18-8-6-7-15(2)13-18/h6-8,13-14,16H,5,9-12H2,1-4H3,(H,21,22,23). The molecule has 2 aromatic rings. The number of benzene rings is 1. The predicted molar refractivity (Wildman–Crippen MR) is 106 cm³/mol. The SMILES string of the molecule is CCC(C)Nc1cc(C)nc(N2CCN(c3cccc(C)c3)CC2)n1. The van der Waals surface area contributed by atoms with E-state index in [4.69, 9.17) is 4.98 Å². The van der Waals surface area contributed by atoms with Gasteiger partial charge >= 0.3 is 0 Å². The van der Waals surface area contributed by atoms with E-state index >= 15 is 0 Å². The molecule has 1 N–H and O–H groups in total. The molecule has 1 aliphatic rings. The molecule has 134 valence electrons. The first-order valence-corrected chi connectivity index (χ1v) is 9.24. The summed E-state index contributed by atoms with van der Waals surface area (Å²) in [6, 6.07) is 11.2. The second-order valence-electron chi connectivity index (χ2n) is 6.96. The minimum absolute atomic E-state index is 0.417. The van der Waals surface area contributed by atoms with Gasteiger partial charge in [-0.1, -0.05) is 19.1 Å². The zero-order chi connectivity index (χ0) is 17.8. The van der Waals surface area contributed by atoms with Crippen molar-refractivity contribution in [1.82, 2.24) is 9.97 Å². The van der Waals surface area contributed by atoms with E-state index in [9.17, 15) is 0 Å². The van der Waals surface area contributed by atoms with Crippen molar-refractivity contribution in [2.75, 3.05) is 41.3 Å². The van der Waals surface area contributed by atoms with Gasteiger partial charge in [0.15, 0.2) is 0 Å². The minimum Gasteiger partial charge on any atom is -0.368 e. The Labute approximate surface area is 151 Å². The largest absolute Gasteiger partial charge is 0.368 e. The summed E-state index contributed by atoms with van der Waals surface area (Å²) in [5, 5.41) is 3.46. The summed E-state index contributed by atoms with van der Waals surface area (Å²) >= 11 is 0. The topological polar surface area (TPSA) is 44.3 Å². The number of anilines is 3. The highest BCUT2D eigenvalue weighted by molar-refractivity contribution is 5.51. The molecule has 1 saturated heterocycles. The van der Waals surface area contributed by atoms with Crippen molar-refractivity contribution < 1.29 is 0 Å². The van der Waals surface area contributed by atoms with E-state index < -0.39 is 0 Å². The third kappa shape index (κ3) is 4.41. The Hall–Kier alpha value is -2.30. The summed E-state index contributed by atoms with van der Waals surface area (Å²) in [4.78, 5) is 14.1. The molecule has 1 unspecified atom stereocenters. The summed E-state index contributed by atoms with van der Waals surface area (Å²) in [6.45, 7) is 12.4. The van der Waals surface area contributed by atoms with Crippen molar-refractivity contribution >= 4 is 17.5 Å². The van der Waals surface area contributed by atoms with E-state index in [1.807, 2.05) is 13.0 Å². The van der Waals surface area contributed by atoms with Gasteiger partial charge in [0, 0.05) is 49.7 Å². The molecular formula is C20H29N5. The van der Waals surface area contributed by atoms with E-state index in [1.165, 1.54) is 11.3 Å². The fourth-order valence-electron chi connectivity index (χ4n) is 3.11. The van der Waals surface area contributed by atoms with Crippen molar-refractivity contribution in [3.05, 3.63) is 41.6 Å². The second-order valence-corrected chi connectivity index (χ2v) is 6.96. The molecule has 0 aliphatic carbocycles. The average Bonchev–Trinajstić information content (AvgIpc) is 2.61. The quantitative estimate of drug-likeness (QED) is 0.901. The highest BCUT2D eigenvalue weighted by Gasteiger charge is 2.20. The van der Waals surface area contributed by atoms with E-state index in [-0.39, 0.29) is 0 Å². The van der Waals surface area contributed by atoms with Crippen LogP contribution in [-0.2, 0) is 0 Å². The van der Waals surface area contributed by atoms with Crippen LogP contribution >= 0.6 is 0 Å². The maximum absolute atomic E-state index is 4.74. The third-order valence-electron chi connectivity index (χ3n) is 4.78. The molecular weight excluding hydrogens is 310 g/mol. The Bertz CT molecular complexity index is 707. The Balaban J connectivity index is 1.68. The van der Waals surface area contributed by atoms with Crippen molar-refractivity contribution in [3.63, 3.8) is 0 Å². The number of aromatic nitrogens is 2. The molecule has 1 aliphatic heterocycles. The van der Waals surface area contributed by atoms with Gasteiger partial charge in [-0.2, -0.15) is 4.98 Å². The Morgan fingerprint density at radius 1 is 1.04 bits per heavy atom. The third-order valence-corrected chi connectivity index (χ3v) is 4.78. The molecule has 1 aromatic carbocycles. The van der Waals surface area contributed by atoms with Crippen LogP contribution in [0.3, 0.4) is 0 Å². The molecule has 5 heteroatoms. The summed E-state index contributed by atoms with van der Waals surface area (Å²) in [7, 11) is 0. The lowest BCUT2D eigenvalue weighted by molar-refractivity contribution is 0.638. The fourth-order valence-corrected chi connectivity index (χ4v) is 3.11. The lowest BCUT2D eigenvalue weighted by atomic mass is 10.2. The lowest BCUT2D eigenvalue weighted by Crippen LogP contribution is -2.47. The molecule has 5 nitrogen and oxygen atoms in total. The smallest absolute Gasteiger partial charge is 0.227 e. The van der Waals surface area contributed by atoms with Crippen molar-refractivity contribution in [2.45, 2.75) is 40.2 Å². The van der Waals surface area contributed by atoms with Gasteiger partial charge in [-0.15, -0.1) is 0 Å². The summed E-state index contributed by atoms with van der Waals surface area (Å²) in [6.07, 6.45) is 1.08. The van der Waals surface area contributed by atoms with Crippen LogP contribution in [0.25, 0.3) is 0 Å². The van der Waals surface area contributed by atoms with Crippen LogP contribution in [-0.4, -0.2) is 42.2 Å². The molecule has 0 saturated carbocycles. The molecule has 3 rings (SSSR count). The monoisotopic (exact) mass is 339 g/mol. The van der Waals surface area contributed by atoms with Gasteiger partial charge in [-0.25, -0.2) is 4.98 Å².